The molecule has 168 valence electrons. The Bertz CT molecular complexity index is 1330. The van der Waals surface area contributed by atoms with Gasteiger partial charge < -0.3 is 19.5 Å². The van der Waals surface area contributed by atoms with Crippen LogP contribution >= 0.6 is 11.6 Å². The number of pyridine rings is 1. The van der Waals surface area contributed by atoms with Gasteiger partial charge in [-0.15, -0.1) is 0 Å². The molecule has 1 N–H and O–H groups in total. The Morgan fingerprint density at radius 3 is 2.27 bits per heavy atom. The molecule has 6 nitrogen and oxygen atoms in total. The van der Waals surface area contributed by atoms with E-state index in [0.717, 1.165) is 16.5 Å². The molecule has 0 radical (unpaired) electrons. The van der Waals surface area contributed by atoms with Crippen LogP contribution in [0.15, 0.2) is 60.7 Å². The molecular weight excluding hydrogens is 440 g/mol. The largest absolute Gasteiger partial charge is 0.493 e. The number of carbonyl (C=O) groups excluding carboxylic acids is 1. The maximum absolute atomic E-state index is 13.4. The lowest BCUT2D eigenvalue weighted by Crippen LogP contribution is -2.14. The maximum Gasteiger partial charge on any atom is 0.256 e. The van der Waals surface area contributed by atoms with Crippen molar-refractivity contribution in [3.63, 3.8) is 0 Å². The van der Waals surface area contributed by atoms with Crippen LogP contribution in [0.4, 0.5) is 5.69 Å². The first kappa shape index (κ1) is 22.4. The first-order valence-electron chi connectivity index (χ1n) is 10.2. The second kappa shape index (κ2) is 9.38. The molecule has 33 heavy (non-hydrogen) atoms. The number of rotatable bonds is 6. The Balaban J connectivity index is 1.86. The van der Waals surface area contributed by atoms with E-state index in [4.69, 9.17) is 30.8 Å². The molecule has 4 rings (SSSR count). The van der Waals surface area contributed by atoms with Crippen LogP contribution in [0.2, 0.25) is 5.02 Å². The summed E-state index contributed by atoms with van der Waals surface area (Å²) >= 11 is 6.23. The number of anilines is 1. The number of amides is 1. The van der Waals surface area contributed by atoms with Gasteiger partial charge in [-0.05, 0) is 48.9 Å². The van der Waals surface area contributed by atoms with E-state index < -0.39 is 0 Å². The molecule has 0 aliphatic rings. The summed E-state index contributed by atoms with van der Waals surface area (Å²) in [5, 5.41) is 4.31. The SMILES string of the molecule is COc1cc(-c2cc(C(=O)Nc3cccc(Cl)c3C)c3ccccc3n2)cc(OC)c1OC. The second-order valence-corrected chi connectivity index (χ2v) is 7.76. The van der Waals surface area contributed by atoms with Gasteiger partial charge in [0.25, 0.3) is 5.91 Å². The molecule has 0 aliphatic heterocycles. The fourth-order valence-electron chi connectivity index (χ4n) is 3.67. The van der Waals surface area contributed by atoms with Crippen LogP contribution < -0.4 is 19.5 Å². The number of methoxy groups -OCH3 is 3. The van der Waals surface area contributed by atoms with E-state index in [1.54, 1.807) is 51.7 Å². The van der Waals surface area contributed by atoms with Gasteiger partial charge in [-0.1, -0.05) is 35.9 Å². The van der Waals surface area contributed by atoms with E-state index in [1.165, 1.54) is 0 Å². The smallest absolute Gasteiger partial charge is 0.256 e. The lowest BCUT2D eigenvalue weighted by molar-refractivity contribution is 0.102. The van der Waals surface area contributed by atoms with Crippen LogP contribution in [0.1, 0.15) is 15.9 Å². The van der Waals surface area contributed by atoms with E-state index in [2.05, 4.69) is 5.32 Å². The molecule has 7 heteroatoms. The van der Waals surface area contributed by atoms with Gasteiger partial charge in [0.2, 0.25) is 5.75 Å². The summed E-state index contributed by atoms with van der Waals surface area (Å²) in [5.41, 5.74) is 3.96. The van der Waals surface area contributed by atoms with Crippen molar-refractivity contribution in [3.05, 3.63) is 76.8 Å². The van der Waals surface area contributed by atoms with Crippen LogP contribution in [0, 0.1) is 6.92 Å². The maximum atomic E-state index is 13.4. The van der Waals surface area contributed by atoms with Crippen LogP contribution in [0.3, 0.4) is 0 Å². The number of benzene rings is 3. The zero-order valence-corrected chi connectivity index (χ0v) is 19.5. The predicted octanol–water partition coefficient (Wildman–Crippen LogP) is 6.14. The van der Waals surface area contributed by atoms with E-state index in [0.29, 0.717) is 44.7 Å². The van der Waals surface area contributed by atoms with Gasteiger partial charge >= 0.3 is 0 Å². The van der Waals surface area contributed by atoms with E-state index in [-0.39, 0.29) is 5.91 Å². The van der Waals surface area contributed by atoms with Crippen molar-refractivity contribution in [3.8, 4) is 28.5 Å². The highest BCUT2D eigenvalue weighted by Gasteiger charge is 2.19. The number of carbonyl (C=O) groups is 1. The summed E-state index contributed by atoms with van der Waals surface area (Å²) in [5.74, 6) is 1.23. The Morgan fingerprint density at radius 1 is 0.909 bits per heavy atom. The summed E-state index contributed by atoms with van der Waals surface area (Å²) in [6.07, 6.45) is 0. The molecule has 1 heterocycles. The quantitative estimate of drug-likeness (QED) is 0.372. The number of nitrogens with one attached hydrogen (secondary N) is 1. The van der Waals surface area contributed by atoms with Gasteiger partial charge in [-0.3, -0.25) is 4.79 Å². The van der Waals surface area contributed by atoms with Gasteiger partial charge in [0, 0.05) is 21.7 Å². The molecular formula is C26H23ClN2O4. The summed E-state index contributed by atoms with van der Waals surface area (Å²) < 4.78 is 16.4. The Morgan fingerprint density at radius 2 is 1.61 bits per heavy atom. The molecule has 1 aromatic heterocycles. The van der Waals surface area contributed by atoms with Crippen LogP contribution in [-0.4, -0.2) is 32.2 Å². The van der Waals surface area contributed by atoms with Crippen LogP contribution in [0.5, 0.6) is 17.2 Å². The van der Waals surface area contributed by atoms with Crippen molar-refractivity contribution in [2.75, 3.05) is 26.6 Å². The molecule has 3 aromatic carbocycles. The van der Waals surface area contributed by atoms with Crippen molar-refractivity contribution >= 4 is 34.1 Å². The number of hydrogen-bond acceptors (Lipinski definition) is 5. The number of ether oxygens (including phenoxy) is 3. The highest BCUT2D eigenvalue weighted by molar-refractivity contribution is 6.31. The third kappa shape index (κ3) is 4.30. The predicted molar refractivity (Wildman–Crippen MR) is 131 cm³/mol. The van der Waals surface area contributed by atoms with E-state index in [9.17, 15) is 4.79 Å². The summed E-state index contributed by atoms with van der Waals surface area (Å²) in [6, 6.07) is 18.3. The lowest BCUT2D eigenvalue weighted by Gasteiger charge is -2.15. The minimum absolute atomic E-state index is 0.257. The van der Waals surface area contributed by atoms with Crippen LogP contribution in [-0.2, 0) is 0 Å². The topological polar surface area (TPSA) is 69.7 Å². The standard InChI is InChI=1S/C26H23ClN2O4/c1-15-19(27)9-7-11-20(15)29-26(30)18-14-22(28-21-10-6-5-8-17(18)21)16-12-23(31-2)25(33-4)24(13-16)32-3/h5-14H,1-4H3,(H,29,30). The molecule has 0 saturated carbocycles. The molecule has 0 fully saturated rings. The number of halogens is 1. The Hall–Kier alpha value is -3.77. The van der Waals surface area contributed by atoms with E-state index >= 15 is 0 Å². The number of hydrogen-bond donors (Lipinski definition) is 1. The zero-order valence-electron chi connectivity index (χ0n) is 18.7. The fraction of sp³-hybridized carbons (Fsp3) is 0.154. The normalized spacial score (nSPS) is 10.7. The lowest BCUT2D eigenvalue weighted by atomic mass is 10.0. The first-order chi connectivity index (χ1) is 16.0. The number of para-hydroxylation sites is 1. The van der Waals surface area contributed by atoms with Gasteiger partial charge in [0.05, 0.1) is 38.1 Å². The third-order valence-corrected chi connectivity index (χ3v) is 5.85. The van der Waals surface area contributed by atoms with Crippen molar-refractivity contribution in [1.29, 1.82) is 0 Å². The van der Waals surface area contributed by atoms with Crippen molar-refractivity contribution in [2.24, 2.45) is 0 Å². The molecule has 0 spiro atoms. The summed E-state index contributed by atoms with van der Waals surface area (Å²) in [4.78, 5) is 18.2. The molecule has 4 aromatic rings. The van der Waals surface area contributed by atoms with Crippen molar-refractivity contribution in [1.82, 2.24) is 4.98 Å². The summed E-state index contributed by atoms with van der Waals surface area (Å²) in [6.45, 7) is 1.87. The molecule has 1 amide bonds. The monoisotopic (exact) mass is 462 g/mol. The molecule has 0 saturated heterocycles. The highest BCUT2D eigenvalue weighted by atomic mass is 35.5. The Kier molecular flexibility index (Phi) is 6.38. The number of fused-ring (bicyclic) bond motifs is 1. The van der Waals surface area contributed by atoms with E-state index in [1.807, 2.05) is 37.3 Å². The number of nitrogens with zero attached hydrogens (tertiary/aromatic N) is 1. The van der Waals surface area contributed by atoms with Gasteiger partial charge in [0.1, 0.15) is 0 Å². The van der Waals surface area contributed by atoms with Gasteiger partial charge in [-0.2, -0.15) is 0 Å². The van der Waals surface area contributed by atoms with Gasteiger partial charge in [0.15, 0.2) is 11.5 Å². The average molecular weight is 463 g/mol. The van der Waals surface area contributed by atoms with Gasteiger partial charge in [-0.25, -0.2) is 4.98 Å². The molecule has 0 atom stereocenters. The average Bonchev–Trinajstić information content (AvgIpc) is 2.85. The summed E-state index contributed by atoms with van der Waals surface area (Å²) in [7, 11) is 4.66. The van der Waals surface area contributed by atoms with Crippen molar-refractivity contribution in [2.45, 2.75) is 6.92 Å². The highest BCUT2D eigenvalue weighted by Crippen LogP contribution is 2.41. The minimum Gasteiger partial charge on any atom is -0.493 e. The van der Waals surface area contributed by atoms with Crippen molar-refractivity contribution < 1.29 is 19.0 Å². The number of aromatic nitrogens is 1. The first-order valence-corrected chi connectivity index (χ1v) is 10.6. The fourth-order valence-corrected chi connectivity index (χ4v) is 3.85. The minimum atomic E-state index is -0.257. The second-order valence-electron chi connectivity index (χ2n) is 7.35. The van der Waals surface area contributed by atoms with Crippen LogP contribution in [0.25, 0.3) is 22.2 Å². The third-order valence-electron chi connectivity index (χ3n) is 5.44. The molecule has 0 bridgehead atoms. The molecule has 0 unspecified atom stereocenters. The zero-order chi connectivity index (χ0) is 23.5. The molecule has 0 aliphatic carbocycles. The Labute approximate surface area is 197 Å².